The smallest absolute Gasteiger partial charge is 0.410 e. The number of carbonyl (C=O) groups excluding carboxylic acids is 1. The predicted molar refractivity (Wildman–Crippen MR) is 69.8 cm³/mol. The van der Waals surface area contributed by atoms with Crippen molar-refractivity contribution in [2.24, 2.45) is 17.3 Å². The van der Waals surface area contributed by atoms with E-state index in [0.717, 1.165) is 12.8 Å². The Kier molecular flexibility index (Phi) is 3.27. The second kappa shape index (κ2) is 4.39. The molecule has 2 aliphatic rings. The number of rotatable bonds is 2. The quantitative estimate of drug-likeness (QED) is 0.835. The van der Waals surface area contributed by atoms with Crippen molar-refractivity contribution in [3.05, 3.63) is 0 Å². The van der Waals surface area contributed by atoms with Gasteiger partial charge in [0.1, 0.15) is 5.60 Å². The van der Waals surface area contributed by atoms with Crippen molar-refractivity contribution >= 4 is 12.1 Å². The summed E-state index contributed by atoms with van der Waals surface area (Å²) < 4.78 is 5.31. The third-order valence-corrected chi connectivity index (χ3v) is 4.19. The van der Waals surface area contributed by atoms with Crippen LogP contribution < -0.4 is 0 Å². The van der Waals surface area contributed by atoms with Crippen LogP contribution in [0.2, 0.25) is 0 Å². The summed E-state index contributed by atoms with van der Waals surface area (Å²) in [6, 6.07) is 0. The molecule has 2 fully saturated rings. The monoisotopic (exact) mass is 269 g/mol. The Morgan fingerprint density at radius 2 is 1.84 bits per heavy atom. The topological polar surface area (TPSA) is 66.8 Å². The Hall–Kier alpha value is -1.26. The maximum atomic E-state index is 11.8. The van der Waals surface area contributed by atoms with Gasteiger partial charge in [0.15, 0.2) is 0 Å². The molecule has 5 nitrogen and oxygen atoms in total. The molecule has 0 bridgehead atoms. The van der Waals surface area contributed by atoms with Crippen LogP contribution in [0.3, 0.4) is 0 Å². The lowest BCUT2D eigenvalue weighted by Crippen LogP contribution is -2.65. The predicted octanol–water partition coefficient (Wildman–Crippen LogP) is 2.35. The molecule has 1 aliphatic heterocycles. The summed E-state index contributed by atoms with van der Waals surface area (Å²) in [6.07, 6.45) is 1.58. The lowest BCUT2D eigenvalue weighted by Gasteiger charge is -2.59. The van der Waals surface area contributed by atoms with Gasteiger partial charge in [0.05, 0.1) is 5.92 Å². The van der Waals surface area contributed by atoms with Crippen LogP contribution in [0, 0.1) is 17.3 Å². The van der Waals surface area contributed by atoms with Gasteiger partial charge in [0, 0.05) is 18.5 Å². The Labute approximate surface area is 113 Å². The molecule has 1 aliphatic carbocycles. The van der Waals surface area contributed by atoms with E-state index in [1.54, 1.807) is 11.8 Å². The third-order valence-electron chi connectivity index (χ3n) is 4.19. The summed E-state index contributed by atoms with van der Waals surface area (Å²) in [5.74, 6) is -0.734. The molecule has 1 unspecified atom stereocenters. The number of nitrogens with zero attached hydrogens (tertiary/aromatic N) is 1. The van der Waals surface area contributed by atoms with E-state index in [9.17, 15) is 9.59 Å². The van der Waals surface area contributed by atoms with Crippen LogP contribution in [0.1, 0.15) is 40.5 Å². The summed E-state index contributed by atoms with van der Waals surface area (Å²) in [7, 11) is 0. The van der Waals surface area contributed by atoms with Gasteiger partial charge in [-0.05, 0) is 39.5 Å². The molecule has 2 rings (SSSR count). The van der Waals surface area contributed by atoms with Crippen LogP contribution in [-0.2, 0) is 9.53 Å². The molecule has 19 heavy (non-hydrogen) atoms. The first-order valence-corrected chi connectivity index (χ1v) is 6.83. The number of ether oxygens (including phenoxy) is 1. The number of carboxylic acid groups (broad SMARTS) is 1. The lowest BCUT2D eigenvalue weighted by molar-refractivity contribution is -0.152. The van der Waals surface area contributed by atoms with Gasteiger partial charge in [0.25, 0.3) is 0 Å². The van der Waals surface area contributed by atoms with Crippen LogP contribution in [0.5, 0.6) is 0 Å². The number of hydrogen-bond acceptors (Lipinski definition) is 3. The fraction of sp³-hybridized carbons (Fsp3) is 0.857. The minimum Gasteiger partial charge on any atom is -0.481 e. The molecule has 1 amide bonds. The summed E-state index contributed by atoms with van der Waals surface area (Å²) >= 11 is 0. The molecule has 1 atom stereocenters. The number of amides is 1. The summed E-state index contributed by atoms with van der Waals surface area (Å²) in [5.41, 5.74) is -0.287. The normalized spacial score (nSPS) is 23.5. The van der Waals surface area contributed by atoms with Crippen molar-refractivity contribution in [1.29, 1.82) is 0 Å². The molecule has 0 aromatic carbocycles. The lowest BCUT2D eigenvalue weighted by atomic mass is 9.55. The third kappa shape index (κ3) is 2.85. The van der Waals surface area contributed by atoms with Gasteiger partial charge < -0.3 is 14.7 Å². The second-order valence-electron chi connectivity index (χ2n) is 7.13. The summed E-state index contributed by atoms with van der Waals surface area (Å²) in [5, 5.41) is 8.96. The molecule has 1 saturated carbocycles. The van der Waals surface area contributed by atoms with Crippen molar-refractivity contribution < 1.29 is 19.4 Å². The molecule has 1 saturated heterocycles. The molecule has 1 N–H and O–H groups in total. The Morgan fingerprint density at radius 3 is 2.26 bits per heavy atom. The molecular weight excluding hydrogens is 246 g/mol. The minimum absolute atomic E-state index is 0.172. The average Bonchev–Trinajstić information content (AvgIpc) is 2.09. The maximum absolute atomic E-state index is 11.8. The van der Waals surface area contributed by atoms with Crippen molar-refractivity contribution in [2.75, 3.05) is 13.1 Å². The van der Waals surface area contributed by atoms with E-state index in [2.05, 4.69) is 0 Å². The molecule has 5 heteroatoms. The maximum Gasteiger partial charge on any atom is 0.410 e. The van der Waals surface area contributed by atoms with Crippen LogP contribution in [-0.4, -0.2) is 40.8 Å². The fourth-order valence-corrected chi connectivity index (χ4v) is 3.08. The minimum atomic E-state index is -0.719. The van der Waals surface area contributed by atoms with Gasteiger partial charge in [-0.15, -0.1) is 0 Å². The SMILES string of the molecule is CC(C(=O)O)C1CC2(C1)CN(C(=O)OC(C)(C)C)C2. The number of hydrogen-bond donors (Lipinski definition) is 1. The van der Waals surface area contributed by atoms with Gasteiger partial charge in [-0.25, -0.2) is 4.79 Å². The molecule has 0 radical (unpaired) electrons. The van der Waals surface area contributed by atoms with Gasteiger partial charge in [-0.2, -0.15) is 0 Å². The summed E-state index contributed by atoms with van der Waals surface area (Å²) in [6.45, 7) is 8.76. The molecule has 1 heterocycles. The first-order chi connectivity index (χ1) is 8.62. The molecule has 0 aromatic heterocycles. The van der Waals surface area contributed by atoms with Gasteiger partial charge in [-0.3, -0.25) is 4.79 Å². The van der Waals surface area contributed by atoms with Gasteiger partial charge >= 0.3 is 12.1 Å². The van der Waals surface area contributed by atoms with Crippen molar-refractivity contribution in [2.45, 2.75) is 46.1 Å². The number of carboxylic acids is 1. The van der Waals surface area contributed by atoms with E-state index in [-0.39, 0.29) is 23.3 Å². The Bertz CT molecular complexity index is 385. The van der Waals surface area contributed by atoms with E-state index in [4.69, 9.17) is 9.84 Å². The van der Waals surface area contributed by atoms with E-state index in [1.165, 1.54) is 0 Å². The number of carbonyl (C=O) groups is 2. The number of aliphatic carboxylic acids is 1. The van der Waals surface area contributed by atoms with Crippen molar-refractivity contribution in [1.82, 2.24) is 4.90 Å². The number of likely N-dealkylation sites (tertiary alicyclic amines) is 1. The first kappa shape index (κ1) is 14.2. The van der Waals surface area contributed by atoms with Gasteiger partial charge in [-0.1, -0.05) is 6.92 Å². The van der Waals surface area contributed by atoms with E-state index < -0.39 is 11.6 Å². The van der Waals surface area contributed by atoms with Crippen LogP contribution >= 0.6 is 0 Å². The van der Waals surface area contributed by atoms with Crippen LogP contribution in [0.25, 0.3) is 0 Å². The van der Waals surface area contributed by atoms with Crippen molar-refractivity contribution in [3.63, 3.8) is 0 Å². The van der Waals surface area contributed by atoms with Gasteiger partial charge in [0.2, 0.25) is 0 Å². The van der Waals surface area contributed by atoms with E-state index in [0.29, 0.717) is 13.1 Å². The highest BCUT2D eigenvalue weighted by Gasteiger charge is 2.56. The summed E-state index contributed by atoms with van der Waals surface area (Å²) in [4.78, 5) is 24.4. The average molecular weight is 269 g/mol. The fourth-order valence-electron chi connectivity index (χ4n) is 3.08. The van der Waals surface area contributed by atoms with Crippen LogP contribution in [0.15, 0.2) is 0 Å². The highest BCUT2D eigenvalue weighted by Crippen LogP contribution is 2.54. The zero-order chi connectivity index (χ0) is 14.4. The van der Waals surface area contributed by atoms with E-state index >= 15 is 0 Å². The standard InChI is InChI=1S/C14H23NO4/c1-9(11(16)17)10-5-14(6-10)7-15(8-14)12(18)19-13(2,3)4/h9-10H,5-8H2,1-4H3,(H,16,17). The zero-order valence-corrected chi connectivity index (χ0v) is 12.1. The molecule has 1 spiro atoms. The molecule has 108 valence electrons. The highest BCUT2D eigenvalue weighted by molar-refractivity contribution is 5.71. The second-order valence-corrected chi connectivity index (χ2v) is 7.13. The molecular formula is C14H23NO4. The zero-order valence-electron chi connectivity index (χ0n) is 12.1. The Morgan fingerprint density at radius 1 is 1.32 bits per heavy atom. The Balaban J connectivity index is 1.76. The van der Waals surface area contributed by atoms with E-state index in [1.807, 2.05) is 20.8 Å². The van der Waals surface area contributed by atoms with Crippen LogP contribution in [0.4, 0.5) is 4.79 Å². The largest absolute Gasteiger partial charge is 0.481 e. The van der Waals surface area contributed by atoms with Crippen molar-refractivity contribution in [3.8, 4) is 0 Å². The molecule has 0 aromatic rings. The first-order valence-electron chi connectivity index (χ1n) is 6.83. The highest BCUT2D eigenvalue weighted by atomic mass is 16.6.